The molecule has 0 spiro atoms. The van der Waals surface area contributed by atoms with Crippen LogP contribution in [0.25, 0.3) is 0 Å². The Morgan fingerprint density at radius 2 is 2.14 bits per heavy atom. The molecule has 0 saturated carbocycles. The van der Waals surface area contributed by atoms with Gasteiger partial charge in [-0.05, 0) is 6.92 Å². The third kappa shape index (κ3) is 2.32. The molecule has 0 fully saturated rings. The molecule has 1 aromatic heterocycles. The summed E-state index contributed by atoms with van der Waals surface area (Å²) in [6, 6.07) is 0. The second-order valence-electron chi connectivity index (χ2n) is 3.17. The zero-order valence-electron chi connectivity index (χ0n) is 9.09. The van der Waals surface area contributed by atoms with Crippen molar-refractivity contribution in [3.8, 4) is 0 Å². The van der Waals surface area contributed by atoms with Crippen LogP contribution >= 0.6 is 11.3 Å². The molecule has 0 bridgehead atoms. The Morgan fingerprint density at radius 3 is 2.57 bits per heavy atom. The number of hydrogen-bond donors (Lipinski definition) is 0. The predicted molar refractivity (Wildman–Crippen MR) is 55.3 cm³/mol. The Bertz CT molecular complexity index is 344. The molecule has 0 N–H and O–H groups in total. The van der Waals surface area contributed by atoms with E-state index in [9.17, 15) is 4.79 Å². The van der Waals surface area contributed by atoms with Crippen molar-refractivity contribution >= 4 is 17.3 Å². The van der Waals surface area contributed by atoms with Gasteiger partial charge in [-0.15, -0.1) is 0 Å². The van der Waals surface area contributed by atoms with Crippen LogP contribution in [0.15, 0.2) is 0 Å². The second kappa shape index (κ2) is 4.55. The number of carbonyl (C=O) groups is 1. The molecule has 0 aliphatic heterocycles. The number of aryl methyl sites for hydroxylation is 1. The molecule has 0 atom stereocenters. The van der Waals surface area contributed by atoms with Crippen molar-refractivity contribution < 1.29 is 14.1 Å². The van der Waals surface area contributed by atoms with Gasteiger partial charge in [-0.25, -0.2) is 0 Å². The van der Waals surface area contributed by atoms with Gasteiger partial charge >= 0.3 is 5.97 Å². The van der Waals surface area contributed by atoms with E-state index in [0.29, 0.717) is 13.0 Å². The summed E-state index contributed by atoms with van der Waals surface area (Å²) in [5, 5.41) is 1.21. The molecule has 1 aromatic rings. The fourth-order valence-electron chi connectivity index (χ4n) is 1.25. The summed E-state index contributed by atoms with van der Waals surface area (Å²) in [6.45, 7) is 6.35. The Labute approximate surface area is 88.3 Å². The van der Waals surface area contributed by atoms with E-state index in [-0.39, 0.29) is 5.97 Å². The first-order valence-electron chi connectivity index (χ1n) is 4.66. The molecule has 0 aromatic carbocycles. The van der Waals surface area contributed by atoms with Gasteiger partial charge in [0.2, 0.25) is 5.01 Å². The van der Waals surface area contributed by atoms with Gasteiger partial charge in [0.1, 0.15) is 7.05 Å². The summed E-state index contributed by atoms with van der Waals surface area (Å²) in [5.41, 5.74) is 1.15. The highest BCUT2D eigenvalue weighted by atomic mass is 32.1. The summed E-state index contributed by atoms with van der Waals surface area (Å²) in [4.78, 5) is 12.4. The third-order valence-electron chi connectivity index (χ3n) is 2.26. The van der Waals surface area contributed by atoms with E-state index in [1.165, 1.54) is 5.01 Å². The monoisotopic (exact) mass is 214 g/mol. The summed E-state index contributed by atoms with van der Waals surface area (Å²) >= 11 is 1.66. The molecule has 0 aliphatic rings. The molecule has 4 heteroatoms. The van der Waals surface area contributed by atoms with E-state index in [2.05, 4.69) is 4.57 Å². The number of rotatable bonds is 3. The van der Waals surface area contributed by atoms with E-state index >= 15 is 0 Å². The van der Waals surface area contributed by atoms with Crippen molar-refractivity contribution in [1.29, 1.82) is 0 Å². The van der Waals surface area contributed by atoms with Gasteiger partial charge in [-0.2, -0.15) is 4.57 Å². The van der Waals surface area contributed by atoms with Crippen LogP contribution in [0.2, 0.25) is 0 Å². The second-order valence-corrected chi connectivity index (χ2v) is 4.46. The lowest BCUT2D eigenvalue weighted by atomic mass is 10.3. The maximum absolute atomic E-state index is 11.3. The molecule has 78 valence electrons. The van der Waals surface area contributed by atoms with Crippen molar-refractivity contribution in [2.75, 3.05) is 6.61 Å². The number of nitrogens with zero attached hydrogens (tertiary/aromatic N) is 1. The predicted octanol–water partition coefficient (Wildman–Crippen LogP) is 1.30. The van der Waals surface area contributed by atoms with Gasteiger partial charge in [-0.1, -0.05) is 11.3 Å². The standard InChI is InChI=1S/C10H16NO2S/c1-5-13-10(12)6-9-7(2)11(4)8(3)14-9/h5-6H2,1-4H3/q+1. The van der Waals surface area contributed by atoms with Crippen LogP contribution < -0.4 is 4.57 Å². The van der Waals surface area contributed by atoms with Gasteiger partial charge in [0.15, 0.2) is 5.69 Å². The minimum Gasteiger partial charge on any atom is -0.466 e. The van der Waals surface area contributed by atoms with Crippen LogP contribution in [0.3, 0.4) is 0 Å². The van der Waals surface area contributed by atoms with Gasteiger partial charge in [0.25, 0.3) is 0 Å². The zero-order chi connectivity index (χ0) is 10.7. The molecule has 0 radical (unpaired) electrons. The largest absolute Gasteiger partial charge is 0.466 e. The average molecular weight is 214 g/mol. The highest BCUT2D eigenvalue weighted by Gasteiger charge is 2.19. The van der Waals surface area contributed by atoms with Crippen LogP contribution in [-0.2, 0) is 23.0 Å². The van der Waals surface area contributed by atoms with E-state index < -0.39 is 0 Å². The summed E-state index contributed by atoms with van der Waals surface area (Å²) in [7, 11) is 2.01. The first-order chi connectivity index (χ1) is 6.56. The van der Waals surface area contributed by atoms with Crippen LogP contribution in [0.1, 0.15) is 22.5 Å². The minimum absolute atomic E-state index is 0.141. The zero-order valence-corrected chi connectivity index (χ0v) is 9.90. The quantitative estimate of drug-likeness (QED) is 0.561. The topological polar surface area (TPSA) is 30.2 Å². The highest BCUT2D eigenvalue weighted by Crippen LogP contribution is 2.15. The van der Waals surface area contributed by atoms with Crippen LogP contribution in [-0.4, -0.2) is 12.6 Å². The van der Waals surface area contributed by atoms with Gasteiger partial charge in [-0.3, -0.25) is 4.79 Å². The van der Waals surface area contributed by atoms with E-state index in [0.717, 1.165) is 10.6 Å². The molecule has 1 heterocycles. The molecule has 0 saturated heterocycles. The number of hydrogen-bond acceptors (Lipinski definition) is 3. The maximum atomic E-state index is 11.3. The molecule has 3 nitrogen and oxygen atoms in total. The Balaban J connectivity index is 2.77. The lowest BCUT2D eigenvalue weighted by Gasteiger charge is -1.98. The van der Waals surface area contributed by atoms with Crippen molar-refractivity contribution in [3.05, 3.63) is 15.6 Å². The van der Waals surface area contributed by atoms with Gasteiger partial charge in [0.05, 0.1) is 17.9 Å². The first kappa shape index (κ1) is 11.2. The van der Waals surface area contributed by atoms with E-state index in [1.54, 1.807) is 11.3 Å². The fourth-order valence-corrected chi connectivity index (χ4v) is 2.36. The number of esters is 1. The van der Waals surface area contributed by atoms with Crippen molar-refractivity contribution in [2.24, 2.45) is 7.05 Å². The molecule has 1 rings (SSSR count). The van der Waals surface area contributed by atoms with Gasteiger partial charge in [0, 0.05) is 13.8 Å². The normalized spacial score (nSPS) is 10.3. The van der Waals surface area contributed by atoms with Crippen molar-refractivity contribution in [3.63, 3.8) is 0 Å². The third-order valence-corrected chi connectivity index (χ3v) is 3.52. The molecule has 0 amide bonds. The number of aromatic nitrogens is 1. The molecular formula is C10H16NO2S+. The van der Waals surface area contributed by atoms with E-state index in [4.69, 9.17) is 4.74 Å². The van der Waals surface area contributed by atoms with Crippen LogP contribution in [0, 0.1) is 13.8 Å². The summed E-state index contributed by atoms with van der Waals surface area (Å²) < 4.78 is 7.00. The molecule has 0 unspecified atom stereocenters. The van der Waals surface area contributed by atoms with Gasteiger partial charge < -0.3 is 4.74 Å². The number of carbonyl (C=O) groups excluding carboxylic acids is 1. The lowest BCUT2D eigenvalue weighted by Crippen LogP contribution is -2.32. The average Bonchev–Trinajstić information content (AvgIpc) is 2.34. The maximum Gasteiger partial charge on any atom is 0.311 e. The van der Waals surface area contributed by atoms with E-state index in [1.807, 2.05) is 27.8 Å². The molecule has 0 aliphatic carbocycles. The van der Waals surface area contributed by atoms with Crippen molar-refractivity contribution in [2.45, 2.75) is 27.2 Å². The number of ether oxygens (including phenoxy) is 1. The lowest BCUT2D eigenvalue weighted by molar-refractivity contribution is -0.678. The minimum atomic E-state index is -0.141. The Kier molecular flexibility index (Phi) is 3.63. The Hall–Kier alpha value is -0.900. The van der Waals surface area contributed by atoms with Crippen LogP contribution in [0.4, 0.5) is 0 Å². The summed E-state index contributed by atoms with van der Waals surface area (Å²) in [6.07, 6.45) is 0.395. The Morgan fingerprint density at radius 1 is 1.50 bits per heavy atom. The smallest absolute Gasteiger partial charge is 0.311 e. The highest BCUT2D eigenvalue weighted by molar-refractivity contribution is 7.11. The van der Waals surface area contributed by atoms with Crippen molar-refractivity contribution in [1.82, 2.24) is 0 Å². The fraction of sp³-hybridized carbons (Fsp3) is 0.600. The van der Waals surface area contributed by atoms with Crippen LogP contribution in [0.5, 0.6) is 0 Å². The summed E-state index contributed by atoms with van der Waals surface area (Å²) in [5.74, 6) is -0.141. The first-order valence-corrected chi connectivity index (χ1v) is 5.48. The SMILES string of the molecule is CCOC(=O)Cc1sc(C)[n+](C)c1C. The number of thiazole rings is 1. The molecular weight excluding hydrogens is 198 g/mol. The molecule has 14 heavy (non-hydrogen) atoms.